The molecule has 8 rings (SSSR count). The Labute approximate surface area is 274 Å². The van der Waals surface area contributed by atoms with Crippen LogP contribution in [0.15, 0.2) is 120 Å². The second-order valence-electron chi connectivity index (χ2n) is 10.5. The Balaban J connectivity index is 0.000000190. The minimum atomic E-state index is 0. The van der Waals surface area contributed by atoms with Gasteiger partial charge in [0, 0.05) is 57.1 Å². The molecule has 4 aromatic carbocycles. The van der Waals surface area contributed by atoms with Crippen molar-refractivity contribution in [2.45, 2.75) is 32.1 Å². The molecule has 2 aromatic heterocycles. The molecule has 44 heavy (non-hydrogen) atoms. The van der Waals surface area contributed by atoms with Crippen LogP contribution < -0.4 is 14.8 Å². The molecule has 0 spiro atoms. The van der Waals surface area contributed by atoms with Gasteiger partial charge in [-0.15, -0.1) is 35.1 Å². The highest BCUT2D eigenvalue weighted by Gasteiger charge is 2.35. The smallest absolute Gasteiger partial charge is 0.138 e. The zero-order valence-electron chi connectivity index (χ0n) is 25.1. The third kappa shape index (κ3) is 7.28. The van der Waals surface area contributed by atoms with Gasteiger partial charge in [0.25, 0.3) is 0 Å². The normalized spacial score (nSPS) is 14.8. The molecule has 2 saturated heterocycles. The number of hydrogen-bond donors (Lipinski definition) is 1. The molecule has 228 valence electrons. The fourth-order valence-electron chi connectivity index (χ4n) is 5.43. The van der Waals surface area contributed by atoms with Gasteiger partial charge in [0.1, 0.15) is 23.7 Å². The predicted octanol–water partition coefficient (Wildman–Crippen LogP) is 9.45. The molecule has 2 fully saturated rings. The Morgan fingerprint density at radius 3 is 1.50 bits per heavy atom. The third-order valence-electron chi connectivity index (χ3n) is 7.69. The van der Waals surface area contributed by atoms with Gasteiger partial charge in [0.05, 0.1) is 6.04 Å². The summed E-state index contributed by atoms with van der Waals surface area (Å²) < 4.78 is 14.8. The number of nitrogens with one attached hydrogen (secondary N) is 1. The van der Waals surface area contributed by atoms with Gasteiger partial charge >= 0.3 is 0 Å². The SMILES string of the molecule is CC.Cl.c1ccc(C(c2ccccc2)N2CC(Oc3csc4ccccc34)C2)cc1.c1ccc2c(OC3CNC3)csc2c1. The fraction of sp³-hybridized carbons (Fsp3) is 0.243. The number of benzene rings is 4. The molecule has 6 aromatic rings. The lowest BCUT2D eigenvalue weighted by Crippen LogP contribution is -2.55. The summed E-state index contributed by atoms with van der Waals surface area (Å²) in [5, 5.41) is 9.90. The van der Waals surface area contributed by atoms with Gasteiger partial charge in [-0.25, -0.2) is 0 Å². The average Bonchev–Trinajstić information content (AvgIpc) is 3.64. The molecule has 0 amide bonds. The highest BCUT2D eigenvalue weighted by atomic mass is 35.5. The summed E-state index contributed by atoms with van der Waals surface area (Å²) in [6.45, 7) is 7.84. The molecule has 0 unspecified atom stereocenters. The van der Waals surface area contributed by atoms with Crippen molar-refractivity contribution in [1.82, 2.24) is 10.2 Å². The summed E-state index contributed by atoms with van der Waals surface area (Å²) in [6, 6.07) is 38.6. The van der Waals surface area contributed by atoms with Crippen molar-refractivity contribution < 1.29 is 9.47 Å². The summed E-state index contributed by atoms with van der Waals surface area (Å²) >= 11 is 3.50. The van der Waals surface area contributed by atoms with E-state index in [1.165, 1.54) is 31.3 Å². The van der Waals surface area contributed by atoms with Crippen molar-refractivity contribution in [3.05, 3.63) is 131 Å². The Hall–Kier alpha value is -3.39. The van der Waals surface area contributed by atoms with Crippen LogP contribution in [0.3, 0.4) is 0 Å². The molecule has 7 heteroatoms. The number of halogens is 1. The standard InChI is InChI=1S/C24H21NOS.C11H11NOS.C2H6.ClH/c1-3-9-18(10-4-1)24(19-11-5-2-6-12-19)25-15-20(16-25)26-22-17-27-23-14-8-7-13-21(22)23;1-2-4-11-9(3-1)10(7-14-11)13-8-5-12-6-8;1-2;/h1-14,17,20,24H,15-16H2;1-4,7-8,12H,5-6H2;1-2H3;1H. The minimum absolute atomic E-state index is 0. The number of fused-ring (bicyclic) bond motifs is 2. The molecule has 4 heterocycles. The number of ether oxygens (including phenoxy) is 2. The largest absolute Gasteiger partial charge is 0.486 e. The van der Waals surface area contributed by atoms with E-state index in [4.69, 9.17) is 9.47 Å². The summed E-state index contributed by atoms with van der Waals surface area (Å²) in [4.78, 5) is 2.50. The first-order valence-electron chi connectivity index (χ1n) is 15.1. The quantitative estimate of drug-likeness (QED) is 0.188. The predicted molar refractivity (Wildman–Crippen MR) is 190 cm³/mol. The van der Waals surface area contributed by atoms with Crippen molar-refractivity contribution in [1.29, 1.82) is 0 Å². The Bertz CT molecular complexity index is 1670. The van der Waals surface area contributed by atoms with E-state index in [9.17, 15) is 0 Å². The molecule has 1 N–H and O–H groups in total. The van der Waals surface area contributed by atoms with Gasteiger partial charge in [-0.3, -0.25) is 4.90 Å². The van der Waals surface area contributed by atoms with Gasteiger partial charge in [0.2, 0.25) is 0 Å². The summed E-state index contributed by atoms with van der Waals surface area (Å²) in [5.74, 6) is 2.06. The molecule has 0 saturated carbocycles. The van der Waals surface area contributed by atoms with Crippen LogP contribution in [0.5, 0.6) is 11.5 Å². The maximum Gasteiger partial charge on any atom is 0.138 e. The van der Waals surface area contributed by atoms with Gasteiger partial charge in [-0.05, 0) is 35.4 Å². The lowest BCUT2D eigenvalue weighted by molar-refractivity contribution is 0.00132. The molecule has 4 nitrogen and oxygen atoms in total. The number of likely N-dealkylation sites (tertiary alicyclic amines) is 1. The first-order chi connectivity index (χ1) is 21.3. The van der Waals surface area contributed by atoms with Crippen molar-refractivity contribution in [3.8, 4) is 11.5 Å². The van der Waals surface area contributed by atoms with Gasteiger partial charge in [-0.1, -0.05) is 98.8 Å². The zero-order valence-corrected chi connectivity index (χ0v) is 27.5. The molecule has 0 radical (unpaired) electrons. The van der Waals surface area contributed by atoms with Gasteiger partial charge in [0.15, 0.2) is 0 Å². The Kier molecular flexibility index (Phi) is 11.3. The van der Waals surface area contributed by atoms with E-state index >= 15 is 0 Å². The fourth-order valence-corrected chi connectivity index (χ4v) is 7.17. The van der Waals surface area contributed by atoms with Gasteiger partial charge < -0.3 is 14.8 Å². The second kappa shape index (κ2) is 15.6. The van der Waals surface area contributed by atoms with E-state index in [1.807, 2.05) is 13.8 Å². The van der Waals surface area contributed by atoms with Crippen LogP contribution >= 0.6 is 35.1 Å². The van der Waals surface area contributed by atoms with E-state index in [1.54, 1.807) is 22.7 Å². The van der Waals surface area contributed by atoms with E-state index in [0.29, 0.717) is 6.10 Å². The Morgan fingerprint density at radius 1 is 0.614 bits per heavy atom. The number of thiophene rings is 2. The molecule has 0 bridgehead atoms. The molecule has 2 aliphatic heterocycles. The van der Waals surface area contributed by atoms with Crippen LogP contribution in [-0.2, 0) is 0 Å². The van der Waals surface area contributed by atoms with Crippen molar-refractivity contribution in [3.63, 3.8) is 0 Å². The third-order valence-corrected chi connectivity index (χ3v) is 9.58. The highest BCUT2D eigenvalue weighted by Crippen LogP contribution is 2.37. The second-order valence-corrected chi connectivity index (χ2v) is 12.3. The maximum atomic E-state index is 6.32. The van der Waals surface area contributed by atoms with Crippen LogP contribution in [0.1, 0.15) is 31.0 Å². The first-order valence-corrected chi connectivity index (χ1v) is 16.9. The average molecular weight is 643 g/mol. The van der Waals surface area contributed by atoms with E-state index < -0.39 is 0 Å². The van der Waals surface area contributed by atoms with E-state index in [-0.39, 0.29) is 24.6 Å². The van der Waals surface area contributed by atoms with Crippen LogP contribution in [-0.4, -0.2) is 43.3 Å². The summed E-state index contributed by atoms with van der Waals surface area (Å²) in [6.07, 6.45) is 0.617. The summed E-state index contributed by atoms with van der Waals surface area (Å²) in [5.41, 5.74) is 2.67. The molecule has 0 aliphatic carbocycles. The van der Waals surface area contributed by atoms with Crippen molar-refractivity contribution in [2.75, 3.05) is 26.2 Å². The maximum absolute atomic E-state index is 6.32. The molecule has 0 atom stereocenters. The molecular formula is C37H39ClN2O2S2. The number of rotatable bonds is 7. The minimum Gasteiger partial charge on any atom is -0.486 e. The van der Waals surface area contributed by atoms with Crippen molar-refractivity contribution in [2.24, 2.45) is 0 Å². The van der Waals surface area contributed by atoms with Crippen LogP contribution in [0.2, 0.25) is 0 Å². The lowest BCUT2D eigenvalue weighted by Gasteiger charge is -2.44. The number of nitrogens with zero attached hydrogens (tertiary/aromatic N) is 1. The summed E-state index contributed by atoms with van der Waals surface area (Å²) in [7, 11) is 0. The number of hydrogen-bond acceptors (Lipinski definition) is 6. The van der Waals surface area contributed by atoms with Crippen LogP contribution in [0.25, 0.3) is 20.2 Å². The molecular weight excluding hydrogens is 604 g/mol. The lowest BCUT2D eigenvalue weighted by atomic mass is 9.94. The monoisotopic (exact) mass is 642 g/mol. The first kappa shape index (κ1) is 32.0. The van der Waals surface area contributed by atoms with Gasteiger partial charge in [-0.2, -0.15) is 0 Å². The highest BCUT2D eigenvalue weighted by molar-refractivity contribution is 7.17. The van der Waals surface area contributed by atoms with E-state index in [0.717, 1.165) is 37.7 Å². The zero-order chi connectivity index (χ0) is 29.4. The van der Waals surface area contributed by atoms with E-state index in [2.05, 4.69) is 130 Å². The van der Waals surface area contributed by atoms with Crippen molar-refractivity contribution >= 4 is 55.3 Å². The van der Waals surface area contributed by atoms with Crippen LogP contribution in [0, 0.1) is 0 Å². The molecule has 2 aliphatic rings. The van der Waals surface area contributed by atoms with Crippen LogP contribution in [0.4, 0.5) is 0 Å². The Morgan fingerprint density at radius 2 is 1.05 bits per heavy atom. The topological polar surface area (TPSA) is 33.7 Å².